The summed E-state index contributed by atoms with van der Waals surface area (Å²) >= 11 is 0. The Balaban J connectivity index is 2.23. The van der Waals surface area contributed by atoms with Crippen molar-refractivity contribution in [1.29, 1.82) is 0 Å². The Labute approximate surface area is 129 Å². The van der Waals surface area contributed by atoms with Crippen LogP contribution in [0, 0.1) is 0 Å². The highest BCUT2D eigenvalue weighted by molar-refractivity contribution is 5.89. The number of aliphatic carboxylic acids is 1. The van der Waals surface area contributed by atoms with Gasteiger partial charge in [0.25, 0.3) is 0 Å². The van der Waals surface area contributed by atoms with E-state index in [1.807, 2.05) is 36.4 Å². The van der Waals surface area contributed by atoms with Crippen molar-refractivity contribution >= 4 is 11.5 Å². The molecule has 2 rings (SSSR count). The van der Waals surface area contributed by atoms with Gasteiger partial charge in [-0.05, 0) is 35.8 Å². The van der Waals surface area contributed by atoms with E-state index in [1.54, 1.807) is 26.2 Å². The molecule has 0 amide bonds. The molecule has 0 saturated heterocycles. The van der Waals surface area contributed by atoms with Crippen molar-refractivity contribution in [1.82, 2.24) is 0 Å². The fraction of sp³-hybridized carbons (Fsp3) is 0.167. The zero-order valence-corrected chi connectivity index (χ0v) is 12.6. The van der Waals surface area contributed by atoms with Gasteiger partial charge in [-0.3, -0.25) is 0 Å². The number of methoxy groups -OCH3 is 1. The fourth-order valence-electron chi connectivity index (χ4n) is 2.04. The van der Waals surface area contributed by atoms with Gasteiger partial charge in [0.1, 0.15) is 6.61 Å². The molecule has 1 N–H and O–H groups in total. The van der Waals surface area contributed by atoms with Gasteiger partial charge in [0.2, 0.25) is 0 Å². The standard InChI is InChI=1S/C18H18O4/c1-13(10-18(19)20)15-8-9-16(21-2)17(11-15)22-12-14-6-4-3-5-7-14/h3-11H,12H2,1-2H3,(H,19,20). The average molecular weight is 298 g/mol. The van der Waals surface area contributed by atoms with Gasteiger partial charge in [-0.25, -0.2) is 4.79 Å². The second-order valence-corrected chi connectivity index (χ2v) is 4.81. The van der Waals surface area contributed by atoms with Crippen molar-refractivity contribution in [3.63, 3.8) is 0 Å². The predicted octanol–water partition coefficient (Wildman–Crippen LogP) is 3.76. The Morgan fingerprint density at radius 2 is 1.86 bits per heavy atom. The van der Waals surface area contributed by atoms with E-state index in [1.165, 1.54) is 6.08 Å². The van der Waals surface area contributed by atoms with Crippen LogP contribution in [0.5, 0.6) is 11.5 Å². The van der Waals surface area contributed by atoms with E-state index in [2.05, 4.69) is 0 Å². The maximum Gasteiger partial charge on any atom is 0.328 e. The minimum atomic E-state index is -0.972. The molecule has 0 fully saturated rings. The number of hydrogen-bond donors (Lipinski definition) is 1. The van der Waals surface area contributed by atoms with Crippen LogP contribution in [-0.2, 0) is 11.4 Å². The lowest BCUT2D eigenvalue weighted by Gasteiger charge is -2.12. The zero-order valence-electron chi connectivity index (χ0n) is 12.6. The lowest BCUT2D eigenvalue weighted by molar-refractivity contribution is -0.131. The van der Waals surface area contributed by atoms with E-state index in [-0.39, 0.29) is 0 Å². The molecule has 0 saturated carbocycles. The quantitative estimate of drug-likeness (QED) is 0.825. The van der Waals surface area contributed by atoms with Crippen molar-refractivity contribution < 1.29 is 19.4 Å². The number of hydrogen-bond acceptors (Lipinski definition) is 3. The zero-order chi connectivity index (χ0) is 15.9. The van der Waals surface area contributed by atoms with Crippen LogP contribution in [0.4, 0.5) is 0 Å². The summed E-state index contributed by atoms with van der Waals surface area (Å²) in [5.74, 6) is 0.227. The molecule has 2 aromatic rings. The van der Waals surface area contributed by atoms with E-state index in [0.29, 0.717) is 23.7 Å². The van der Waals surface area contributed by atoms with Crippen LogP contribution in [0.2, 0.25) is 0 Å². The number of carboxylic acid groups (broad SMARTS) is 1. The molecule has 0 aliphatic carbocycles. The number of rotatable bonds is 6. The summed E-state index contributed by atoms with van der Waals surface area (Å²) in [4.78, 5) is 10.8. The third-order valence-electron chi connectivity index (χ3n) is 3.20. The highest BCUT2D eigenvalue weighted by Crippen LogP contribution is 2.31. The van der Waals surface area contributed by atoms with Gasteiger partial charge in [-0.2, -0.15) is 0 Å². The smallest absolute Gasteiger partial charge is 0.328 e. The molecule has 22 heavy (non-hydrogen) atoms. The molecular weight excluding hydrogens is 280 g/mol. The number of benzene rings is 2. The van der Waals surface area contributed by atoms with Gasteiger partial charge in [-0.15, -0.1) is 0 Å². The summed E-state index contributed by atoms with van der Waals surface area (Å²) in [6, 6.07) is 15.2. The maximum absolute atomic E-state index is 10.8. The first kappa shape index (κ1) is 15.6. The van der Waals surface area contributed by atoms with Crippen LogP contribution < -0.4 is 9.47 Å². The summed E-state index contributed by atoms with van der Waals surface area (Å²) in [6.07, 6.45) is 1.17. The Kier molecular flexibility index (Phi) is 5.20. The molecule has 0 aromatic heterocycles. The molecule has 0 heterocycles. The maximum atomic E-state index is 10.8. The van der Waals surface area contributed by atoms with E-state index >= 15 is 0 Å². The number of allylic oxidation sites excluding steroid dienone is 1. The Bertz CT molecular complexity index is 675. The van der Waals surface area contributed by atoms with Crippen LogP contribution in [0.3, 0.4) is 0 Å². The van der Waals surface area contributed by atoms with Gasteiger partial charge < -0.3 is 14.6 Å². The van der Waals surface area contributed by atoms with E-state index in [0.717, 1.165) is 11.1 Å². The molecule has 0 spiro atoms. The summed E-state index contributed by atoms with van der Waals surface area (Å²) < 4.78 is 11.1. The monoisotopic (exact) mass is 298 g/mol. The van der Waals surface area contributed by atoms with Gasteiger partial charge in [0, 0.05) is 6.08 Å². The van der Waals surface area contributed by atoms with Crippen molar-refractivity contribution in [3.05, 3.63) is 65.7 Å². The van der Waals surface area contributed by atoms with Crippen LogP contribution in [-0.4, -0.2) is 18.2 Å². The van der Waals surface area contributed by atoms with Crippen molar-refractivity contribution in [2.24, 2.45) is 0 Å². The average Bonchev–Trinajstić information content (AvgIpc) is 2.53. The summed E-state index contributed by atoms with van der Waals surface area (Å²) in [7, 11) is 1.57. The molecule has 4 heteroatoms. The normalized spacial score (nSPS) is 11.1. The lowest BCUT2D eigenvalue weighted by atomic mass is 10.1. The first-order chi connectivity index (χ1) is 10.6. The number of carboxylic acids is 1. The highest BCUT2D eigenvalue weighted by atomic mass is 16.5. The van der Waals surface area contributed by atoms with Crippen LogP contribution in [0.1, 0.15) is 18.1 Å². The third-order valence-corrected chi connectivity index (χ3v) is 3.20. The molecule has 0 radical (unpaired) electrons. The topological polar surface area (TPSA) is 55.8 Å². The Hall–Kier alpha value is -2.75. The lowest BCUT2D eigenvalue weighted by Crippen LogP contribution is -1.98. The highest BCUT2D eigenvalue weighted by Gasteiger charge is 2.08. The number of carbonyl (C=O) groups is 1. The molecule has 0 aliphatic heterocycles. The molecule has 0 bridgehead atoms. The second kappa shape index (κ2) is 7.31. The molecule has 0 aliphatic rings. The SMILES string of the molecule is COc1ccc(C(C)=CC(=O)O)cc1OCc1ccccc1. The first-order valence-corrected chi connectivity index (χ1v) is 6.86. The Morgan fingerprint density at radius 3 is 2.50 bits per heavy atom. The van der Waals surface area contributed by atoms with Gasteiger partial charge in [-0.1, -0.05) is 36.4 Å². The van der Waals surface area contributed by atoms with Crippen molar-refractivity contribution in [3.8, 4) is 11.5 Å². The predicted molar refractivity (Wildman–Crippen MR) is 85.1 cm³/mol. The van der Waals surface area contributed by atoms with E-state index < -0.39 is 5.97 Å². The minimum absolute atomic E-state index is 0.419. The molecule has 114 valence electrons. The summed E-state index contributed by atoms with van der Waals surface area (Å²) in [6.45, 7) is 2.17. The van der Waals surface area contributed by atoms with Crippen LogP contribution in [0.25, 0.3) is 5.57 Å². The van der Waals surface area contributed by atoms with Gasteiger partial charge >= 0.3 is 5.97 Å². The molecule has 2 aromatic carbocycles. The molecule has 4 nitrogen and oxygen atoms in total. The molecule has 0 atom stereocenters. The first-order valence-electron chi connectivity index (χ1n) is 6.86. The largest absolute Gasteiger partial charge is 0.493 e. The fourth-order valence-corrected chi connectivity index (χ4v) is 2.04. The van der Waals surface area contributed by atoms with E-state index in [9.17, 15) is 4.79 Å². The molecule has 0 unspecified atom stereocenters. The number of ether oxygens (including phenoxy) is 2. The second-order valence-electron chi connectivity index (χ2n) is 4.81. The minimum Gasteiger partial charge on any atom is -0.493 e. The van der Waals surface area contributed by atoms with E-state index in [4.69, 9.17) is 14.6 Å². The van der Waals surface area contributed by atoms with Crippen molar-refractivity contribution in [2.45, 2.75) is 13.5 Å². The van der Waals surface area contributed by atoms with Crippen molar-refractivity contribution in [2.75, 3.05) is 7.11 Å². The molecular formula is C18H18O4. The van der Waals surface area contributed by atoms with Gasteiger partial charge in [0.15, 0.2) is 11.5 Å². The Morgan fingerprint density at radius 1 is 1.14 bits per heavy atom. The third kappa shape index (κ3) is 4.12. The van der Waals surface area contributed by atoms with Crippen LogP contribution >= 0.6 is 0 Å². The summed E-state index contributed by atoms with van der Waals surface area (Å²) in [5, 5.41) is 8.83. The van der Waals surface area contributed by atoms with Gasteiger partial charge in [0.05, 0.1) is 7.11 Å². The summed E-state index contributed by atoms with van der Waals surface area (Å²) in [5.41, 5.74) is 2.48. The van der Waals surface area contributed by atoms with Crippen LogP contribution in [0.15, 0.2) is 54.6 Å².